The van der Waals surface area contributed by atoms with Gasteiger partial charge in [-0.25, -0.2) is 9.13 Å². The molecule has 19 heteroatoms. The molecule has 0 aliphatic heterocycles. The summed E-state index contributed by atoms with van der Waals surface area (Å²) in [5.41, 5.74) is 0. The number of hydrogen-bond donors (Lipinski definition) is 3. The van der Waals surface area contributed by atoms with Crippen molar-refractivity contribution in [1.29, 1.82) is 0 Å². The highest BCUT2D eigenvalue weighted by Gasteiger charge is 2.30. The molecule has 0 aromatic heterocycles. The minimum atomic E-state index is -4.96. The van der Waals surface area contributed by atoms with Gasteiger partial charge >= 0.3 is 39.5 Å². The van der Waals surface area contributed by atoms with Crippen molar-refractivity contribution in [2.24, 2.45) is 11.8 Å². The number of hydrogen-bond acceptors (Lipinski definition) is 15. The molecule has 94 heavy (non-hydrogen) atoms. The van der Waals surface area contributed by atoms with Crippen molar-refractivity contribution in [2.75, 3.05) is 39.6 Å². The number of unbranched alkanes of at least 4 members (excludes halogenated alkanes) is 43. The molecule has 0 bridgehead atoms. The average Bonchev–Trinajstić information content (AvgIpc) is 1.13. The number of carbonyl (C=O) groups excluding carboxylic acids is 4. The number of phosphoric ester groups is 2. The second-order valence-corrected chi connectivity index (χ2v) is 30.7. The summed E-state index contributed by atoms with van der Waals surface area (Å²) in [7, 11) is -9.91. The fourth-order valence-electron chi connectivity index (χ4n) is 11.4. The van der Waals surface area contributed by atoms with E-state index in [2.05, 4.69) is 41.5 Å². The van der Waals surface area contributed by atoms with E-state index in [1.54, 1.807) is 0 Å². The summed E-state index contributed by atoms with van der Waals surface area (Å²) in [6.07, 6.45) is 54.0. The van der Waals surface area contributed by atoms with Crippen LogP contribution in [0.5, 0.6) is 0 Å². The Morgan fingerprint density at radius 3 is 0.809 bits per heavy atom. The van der Waals surface area contributed by atoms with Crippen LogP contribution in [0.25, 0.3) is 0 Å². The van der Waals surface area contributed by atoms with Crippen LogP contribution in [-0.2, 0) is 65.4 Å². The Bertz CT molecular complexity index is 1820. The maximum absolute atomic E-state index is 13.1. The van der Waals surface area contributed by atoms with Crippen LogP contribution < -0.4 is 0 Å². The van der Waals surface area contributed by atoms with Gasteiger partial charge in [-0.15, -0.1) is 0 Å². The summed E-state index contributed by atoms with van der Waals surface area (Å²) in [5.74, 6) is -0.553. The van der Waals surface area contributed by atoms with Gasteiger partial charge in [0, 0.05) is 25.7 Å². The van der Waals surface area contributed by atoms with Crippen LogP contribution in [0.3, 0.4) is 0 Å². The Kier molecular flexibility index (Phi) is 65.5. The molecule has 0 spiro atoms. The Morgan fingerprint density at radius 1 is 0.309 bits per heavy atom. The zero-order valence-electron chi connectivity index (χ0n) is 61.3. The molecule has 6 atom stereocenters. The van der Waals surface area contributed by atoms with Gasteiger partial charge in [-0.1, -0.05) is 337 Å². The minimum absolute atomic E-state index is 0.105. The van der Waals surface area contributed by atoms with Crippen molar-refractivity contribution in [3.63, 3.8) is 0 Å². The summed E-state index contributed by atoms with van der Waals surface area (Å²) in [5, 5.41) is 10.6. The lowest BCUT2D eigenvalue weighted by atomic mass is 9.99. The first-order valence-corrected chi connectivity index (χ1v) is 42.0. The summed E-state index contributed by atoms with van der Waals surface area (Å²) in [6, 6.07) is 0. The predicted molar refractivity (Wildman–Crippen MR) is 381 cm³/mol. The van der Waals surface area contributed by atoms with Crippen LogP contribution in [0.4, 0.5) is 0 Å². The highest BCUT2D eigenvalue weighted by molar-refractivity contribution is 7.47. The first-order chi connectivity index (χ1) is 45.4. The van der Waals surface area contributed by atoms with E-state index >= 15 is 0 Å². The lowest BCUT2D eigenvalue weighted by Gasteiger charge is -2.21. The number of ether oxygens (including phenoxy) is 4. The molecule has 0 aliphatic carbocycles. The van der Waals surface area contributed by atoms with Crippen molar-refractivity contribution in [3.8, 4) is 0 Å². The summed E-state index contributed by atoms with van der Waals surface area (Å²) in [6.45, 7) is 9.60. The molecule has 0 saturated heterocycles. The molecular weight excluding hydrogens is 1230 g/mol. The molecule has 3 unspecified atom stereocenters. The highest BCUT2D eigenvalue weighted by Crippen LogP contribution is 2.45. The standard InChI is InChI=1S/C75H146O17P2/c1-7-10-12-14-16-18-20-21-22-26-29-33-40-46-52-58-73(78)86-63-70(91-74(79)59-53-47-41-34-30-27-24-23-25-28-31-38-44-50-56-68(6)9-3)65-89-93(81,82)87-61-69(76)62-88-94(83,84)90-66-71(64-85-72(77)57-51-45-39-32-19-17-15-13-11-8-2)92-75(80)60-54-48-42-36-35-37-43-49-55-67(4)5/h67-71,76H,7-66H2,1-6H3,(H,81,82)(H,83,84)/t68?,69-,70-,71-/m1/s1. The summed E-state index contributed by atoms with van der Waals surface area (Å²) < 4.78 is 68.5. The van der Waals surface area contributed by atoms with Gasteiger partial charge in [0.05, 0.1) is 26.4 Å². The van der Waals surface area contributed by atoms with Crippen LogP contribution in [0, 0.1) is 11.8 Å². The van der Waals surface area contributed by atoms with Crippen molar-refractivity contribution < 1.29 is 80.2 Å². The van der Waals surface area contributed by atoms with E-state index in [9.17, 15) is 43.2 Å². The monoisotopic (exact) mass is 1380 g/mol. The van der Waals surface area contributed by atoms with Crippen molar-refractivity contribution in [3.05, 3.63) is 0 Å². The molecule has 0 aromatic rings. The van der Waals surface area contributed by atoms with Crippen molar-refractivity contribution in [1.82, 2.24) is 0 Å². The number of rotatable bonds is 74. The largest absolute Gasteiger partial charge is 0.472 e. The lowest BCUT2D eigenvalue weighted by Crippen LogP contribution is -2.30. The third kappa shape index (κ3) is 67.3. The van der Waals surface area contributed by atoms with E-state index in [0.717, 1.165) is 102 Å². The van der Waals surface area contributed by atoms with Gasteiger partial charge < -0.3 is 33.8 Å². The van der Waals surface area contributed by atoms with Crippen molar-refractivity contribution in [2.45, 2.75) is 407 Å². The Balaban J connectivity index is 5.23. The number of esters is 4. The van der Waals surface area contributed by atoms with Crippen molar-refractivity contribution >= 4 is 39.5 Å². The molecule has 17 nitrogen and oxygen atoms in total. The van der Waals surface area contributed by atoms with Gasteiger partial charge in [-0.3, -0.25) is 37.3 Å². The molecule has 0 heterocycles. The lowest BCUT2D eigenvalue weighted by molar-refractivity contribution is -0.161. The normalized spacial score (nSPS) is 14.3. The topological polar surface area (TPSA) is 237 Å². The molecule has 558 valence electrons. The third-order valence-corrected chi connectivity index (χ3v) is 19.7. The molecular formula is C75H146O17P2. The second kappa shape index (κ2) is 66.9. The van der Waals surface area contributed by atoms with Crippen LogP contribution in [0.1, 0.15) is 388 Å². The van der Waals surface area contributed by atoms with E-state index in [-0.39, 0.29) is 25.7 Å². The summed E-state index contributed by atoms with van der Waals surface area (Å²) in [4.78, 5) is 72.7. The van der Waals surface area contributed by atoms with Gasteiger partial charge in [0.1, 0.15) is 19.3 Å². The van der Waals surface area contributed by atoms with Crippen LogP contribution >= 0.6 is 15.6 Å². The summed E-state index contributed by atoms with van der Waals surface area (Å²) >= 11 is 0. The molecule has 0 fully saturated rings. The van der Waals surface area contributed by atoms with E-state index in [1.807, 2.05) is 0 Å². The highest BCUT2D eigenvalue weighted by atomic mass is 31.2. The van der Waals surface area contributed by atoms with Gasteiger partial charge in [0.25, 0.3) is 0 Å². The van der Waals surface area contributed by atoms with Crippen LogP contribution in [-0.4, -0.2) is 96.7 Å². The van der Waals surface area contributed by atoms with E-state index in [0.29, 0.717) is 25.7 Å². The maximum atomic E-state index is 13.1. The van der Waals surface area contributed by atoms with Gasteiger partial charge in [0.15, 0.2) is 12.2 Å². The molecule has 0 amide bonds. The first kappa shape index (κ1) is 92.1. The molecule has 0 aromatic carbocycles. The Hall–Kier alpha value is -1.94. The number of aliphatic hydroxyl groups excluding tert-OH is 1. The third-order valence-electron chi connectivity index (χ3n) is 17.8. The Morgan fingerprint density at radius 2 is 0.543 bits per heavy atom. The molecule has 0 saturated carbocycles. The van der Waals surface area contributed by atoms with Gasteiger partial charge in [0.2, 0.25) is 0 Å². The number of phosphoric acid groups is 2. The smallest absolute Gasteiger partial charge is 0.462 e. The average molecular weight is 1380 g/mol. The van der Waals surface area contributed by atoms with E-state index in [1.165, 1.54) is 205 Å². The van der Waals surface area contributed by atoms with Crippen LogP contribution in [0.15, 0.2) is 0 Å². The van der Waals surface area contributed by atoms with Gasteiger partial charge in [-0.2, -0.15) is 0 Å². The minimum Gasteiger partial charge on any atom is -0.462 e. The zero-order chi connectivity index (χ0) is 69.3. The maximum Gasteiger partial charge on any atom is 0.472 e. The molecule has 0 rings (SSSR count). The fourth-order valence-corrected chi connectivity index (χ4v) is 13.0. The fraction of sp³-hybridized carbons (Fsp3) is 0.947. The number of aliphatic hydroxyl groups is 1. The number of carbonyl (C=O) groups is 4. The molecule has 0 aliphatic rings. The predicted octanol–water partition coefficient (Wildman–Crippen LogP) is 21.9. The second-order valence-electron chi connectivity index (χ2n) is 27.8. The van der Waals surface area contributed by atoms with E-state index in [4.69, 9.17) is 37.0 Å². The molecule has 0 radical (unpaired) electrons. The quantitative estimate of drug-likeness (QED) is 0.0222. The van der Waals surface area contributed by atoms with E-state index < -0.39 is 97.5 Å². The van der Waals surface area contributed by atoms with Crippen LogP contribution in [0.2, 0.25) is 0 Å². The SMILES string of the molecule is CCCCCCCCCCCCCCCCCC(=O)OC[C@H](COP(=O)(O)OC[C@@H](O)COP(=O)(O)OC[C@@H](COC(=O)CCCCCCCCCCCC)OC(=O)CCCCCCCCCCC(C)C)OC(=O)CCCCCCCCCCCCCCCCC(C)CC. The zero-order valence-corrected chi connectivity index (χ0v) is 63.1. The first-order valence-electron chi connectivity index (χ1n) is 39.0. The van der Waals surface area contributed by atoms with Gasteiger partial charge in [-0.05, 0) is 37.5 Å². The molecule has 3 N–H and O–H groups in total. The Labute approximate surface area is 575 Å².